The number of H-pyrrole nitrogens is 1. The number of nitrogen functional groups attached to an aromatic ring is 1. The van der Waals surface area contributed by atoms with E-state index in [2.05, 4.69) is 30.6 Å². The Balaban J connectivity index is 0.00000154. The average molecular weight is 509 g/mol. The summed E-state index contributed by atoms with van der Waals surface area (Å²) in [6.07, 6.45) is 0.840. The molecule has 0 bridgehead atoms. The summed E-state index contributed by atoms with van der Waals surface area (Å²) in [5.41, 5.74) is 6.47. The Hall–Kier alpha value is -4.08. The number of fused-ring (bicyclic) bond motifs is 1. The minimum Gasteiger partial charge on any atom is -0.554 e. The van der Waals surface area contributed by atoms with E-state index in [1.807, 2.05) is 0 Å². The number of carboxylic acid groups (broad SMARTS) is 3. The van der Waals surface area contributed by atoms with Crippen molar-refractivity contribution in [3.63, 3.8) is 0 Å². The predicted octanol–water partition coefficient (Wildman–Crippen LogP) is -4.67. The summed E-state index contributed by atoms with van der Waals surface area (Å²) >= 11 is 0. The van der Waals surface area contributed by atoms with Gasteiger partial charge in [0.15, 0.2) is 11.2 Å². The number of carboxylic acids is 2. The van der Waals surface area contributed by atoms with E-state index in [0.717, 1.165) is 0 Å². The minimum absolute atomic E-state index is 0. The van der Waals surface area contributed by atoms with Crippen molar-refractivity contribution in [1.82, 2.24) is 25.3 Å². The Kier molecular flexibility index (Phi) is 11.9. The van der Waals surface area contributed by atoms with Crippen LogP contribution < -0.4 is 56.6 Å². The number of carbonyl (C=O) groups excluding carboxylic acids is 2. The van der Waals surface area contributed by atoms with Crippen LogP contribution in [0.4, 0.5) is 11.6 Å². The molecule has 15 nitrogen and oxygen atoms in total. The summed E-state index contributed by atoms with van der Waals surface area (Å²) in [6, 6.07) is 4.86. The third-order valence-electron chi connectivity index (χ3n) is 4.36. The molecule has 0 unspecified atom stereocenters. The Morgan fingerprint density at radius 1 is 1.17 bits per heavy atom. The summed E-state index contributed by atoms with van der Waals surface area (Å²) in [5, 5.41) is 31.4. The largest absolute Gasteiger partial charge is 1.00 e. The predicted molar refractivity (Wildman–Crippen MR) is 118 cm³/mol. The Bertz CT molecular complexity index is 1280. The molecule has 1 amide bonds. The molecule has 1 aromatic carbocycles. The van der Waals surface area contributed by atoms with Crippen LogP contribution in [-0.4, -0.2) is 60.5 Å². The zero-order valence-electron chi connectivity index (χ0n) is 18.9. The number of aromatic nitrogens is 4. The first kappa shape index (κ1) is 30.0. The number of aromatic amines is 1. The molecule has 2 heterocycles. The summed E-state index contributed by atoms with van der Waals surface area (Å²) in [4.78, 5) is 68.8. The fourth-order valence-corrected chi connectivity index (χ4v) is 2.75. The number of anilines is 2. The fourth-order valence-electron chi connectivity index (χ4n) is 2.75. The second-order valence-corrected chi connectivity index (χ2v) is 6.81. The van der Waals surface area contributed by atoms with E-state index in [1.165, 1.54) is 18.3 Å². The Labute approximate surface area is 224 Å². The maximum absolute atomic E-state index is 12.3. The molecule has 0 saturated carbocycles. The topological polar surface area (TPSA) is 253 Å². The quantitative estimate of drug-likeness (QED) is 0.117. The van der Waals surface area contributed by atoms with E-state index in [9.17, 15) is 19.2 Å². The van der Waals surface area contributed by atoms with Crippen molar-refractivity contribution in [2.24, 2.45) is 0 Å². The van der Waals surface area contributed by atoms with Gasteiger partial charge < -0.3 is 36.5 Å². The van der Waals surface area contributed by atoms with E-state index in [1.54, 1.807) is 12.1 Å². The first-order valence-electron chi connectivity index (χ1n) is 9.81. The van der Waals surface area contributed by atoms with Crippen molar-refractivity contribution in [2.45, 2.75) is 25.4 Å². The summed E-state index contributed by atoms with van der Waals surface area (Å²) in [5.74, 6) is -3.16. The molecule has 184 valence electrons. The molecule has 7 N–H and O–H groups in total. The van der Waals surface area contributed by atoms with Gasteiger partial charge in [-0.2, -0.15) is 4.98 Å². The van der Waals surface area contributed by atoms with Crippen LogP contribution in [0.1, 0.15) is 28.9 Å². The van der Waals surface area contributed by atoms with E-state index < -0.39 is 35.9 Å². The molecule has 0 aliphatic rings. The van der Waals surface area contributed by atoms with Gasteiger partial charge in [0.1, 0.15) is 6.04 Å². The average Bonchev–Trinajstić information content (AvgIpc) is 2.81. The van der Waals surface area contributed by atoms with Gasteiger partial charge in [-0.05, 0) is 30.7 Å². The van der Waals surface area contributed by atoms with Crippen LogP contribution in [0.25, 0.3) is 11.2 Å². The molecule has 16 heteroatoms. The van der Waals surface area contributed by atoms with E-state index in [-0.39, 0.29) is 71.6 Å². The van der Waals surface area contributed by atoms with Gasteiger partial charge in [-0.1, -0.05) is 0 Å². The summed E-state index contributed by atoms with van der Waals surface area (Å²) < 4.78 is 0. The normalized spacial score (nSPS) is 10.7. The van der Waals surface area contributed by atoms with Gasteiger partial charge in [-0.25, -0.2) is 14.8 Å². The van der Waals surface area contributed by atoms with Crippen molar-refractivity contribution < 1.29 is 64.1 Å². The van der Waals surface area contributed by atoms with Crippen LogP contribution >= 0.6 is 0 Å². The van der Waals surface area contributed by atoms with Crippen LogP contribution in [0.3, 0.4) is 0 Å². The molecule has 36 heavy (non-hydrogen) atoms. The molecule has 1 atom stereocenters. The third-order valence-corrected chi connectivity index (χ3v) is 4.36. The van der Waals surface area contributed by atoms with Crippen LogP contribution in [0.15, 0.2) is 35.3 Å². The Morgan fingerprint density at radius 3 is 2.39 bits per heavy atom. The third kappa shape index (κ3) is 8.94. The van der Waals surface area contributed by atoms with Gasteiger partial charge in [0.05, 0.1) is 18.4 Å². The first-order chi connectivity index (χ1) is 16.6. The molecular formula is C20H20N7NaO8. The van der Waals surface area contributed by atoms with Gasteiger partial charge in [-0.15, -0.1) is 0 Å². The van der Waals surface area contributed by atoms with Gasteiger partial charge in [0.25, 0.3) is 11.5 Å². The number of hydrogen-bond donors (Lipinski definition) is 6. The number of carbonyl (C=O) groups is 4. The molecule has 0 radical (unpaired) electrons. The van der Waals surface area contributed by atoms with E-state index in [0.29, 0.717) is 11.4 Å². The van der Waals surface area contributed by atoms with E-state index >= 15 is 0 Å². The maximum Gasteiger partial charge on any atom is 1.00 e. The van der Waals surface area contributed by atoms with Gasteiger partial charge >= 0.3 is 41.5 Å². The smallest absolute Gasteiger partial charge is 0.554 e. The molecule has 0 aliphatic carbocycles. The van der Waals surface area contributed by atoms with Crippen molar-refractivity contribution in [3.8, 4) is 0 Å². The number of amides is 1. The Morgan fingerprint density at radius 2 is 1.81 bits per heavy atom. The minimum atomic E-state index is -1.31. The molecule has 2 aromatic heterocycles. The molecular weight excluding hydrogens is 489 g/mol. The number of aliphatic carboxylic acids is 2. The second-order valence-electron chi connectivity index (χ2n) is 6.81. The summed E-state index contributed by atoms with van der Waals surface area (Å²) in [6.45, 7) is -0.269. The standard InChI is InChI=1S/C19H19N7O6.CH2O2.Na/c20-19-25-15-14(17(30)26-19)23-11(8-22-15)7-21-10-3-1-9(2-4-10)16(29)24-12(18(31)32)5-6-13(27)28;2-1-3;/h1-4,8,12,21H,5-7H2,(H,24,29)(H,27,28)(H,31,32)(H3,20,22,25,26,30);1H,(H,2,3);/q;;+1/p-1/t12-;;/m0../s1. The zero-order chi connectivity index (χ0) is 26.0. The zero-order valence-corrected chi connectivity index (χ0v) is 20.9. The maximum atomic E-state index is 12.3. The number of nitrogens with two attached hydrogens (primary N) is 1. The van der Waals surface area contributed by atoms with Crippen LogP contribution in [0.2, 0.25) is 0 Å². The molecule has 0 fully saturated rings. The molecule has 3 rings (SSSR count). The van der Waals surface area contributed by atoms with Crippen molar-refractivity contribution >= 4 is 47.1 Å². The van der Waals surface area contributed by atoms with E-state index in [4.69, 9.17) is 25.8 Å². The van der Waals surface area contributed by atoms with Gasteiger partial charge in [-0.3, -0.25) is 19.4 Å². The SMILES string of the molecule is Nc1nc2ncc(CNc3ccc(C(=O)N[C@@H](CCC(=O)O)C(=O)O)cc3)nc2c(=O)[nH]1.O=C[O-].[Na+]. The number of nitrogens with one attached hydrogen (secondary N) is 3. The number of nitrogens with zero attached hydrogens (tertiary/aromatic N) is 3. The van der Waals surface area contributed by atoms with Crippen LogP contribution in [-0.2, 0) is 20.9 Å². The first-order valence-corrected chi connectivity index (χ1v) is 9.81. The van der Waals surface area contributed by atoms with Gasteiger partial charge in [0.2, 0.25) is 5.95 Å². The number of benzene rings is 1. The van der Waals surface area contributed by atoms with Crippen LogP contribution in [0.5, 0.6) is 0 Å². The molecule has 0 aliphatic heterocycles. The molecule has 0 saturated heterocycles. The van der Waals surface area contributed by atoms with Gasteiger partial charge in [0, 0.05) is 24.1 Å². The van der Waals surface area contributed by atoms with Crippen molar-refractivity contribution in [1.29, 1.82) is 0 Å². The van der Waals surface area contributed by atoms with Crippen molar-refractivity contribution in [3.05, 3.63) is 52.1 Å². The number of rotatable bonds is 9. The van der Waals surface area contributed by atoms with Crippen molar-refractivity contribution in [2.75, 3.05) is 11.1 Å². The monoisotopic (exact) mass is 509 g/mol. The van der Waals surface area contributed by atoms with Crippen LogP contribution in [0, 0.1) is 0 Å². The molecule has 3 aromatic rings. The second kappa shape index (κ2) is 14.3. The molecule has 0 spiro atoms. The number of hydrogen-bond acceptors (Lipinski definition) is 11. The fraction of sp³-hybridized carbons (Fsp3) is 0.200. The summed E-state index contributed by atoms with van der Waals surface area (Å²) in [7, 11) is 0.